The van der Waals surface area contributed by atoms with Gasteiger partial charge in [-0.3, -0.25) is 0 Å². The molecule has 33 heavy (non-hydrogen) atoms. The third-order valence-corrected chi connectivity index (χ3v) is 6.91. The first-order valence-electron chi connectivity index (χ1n) is 10.4. The van der Waals surface area contributed by atoms with Crippen molar-refractivity contribution >= 4 is 15.7 Å². The molecule has 1 N–H and O–H groups in total. The van der Waals surface area contributed by atoms with Gasteiger partial charge < -0.3 is 9.47 Å². The second-order valence-electron chi connectivity index (χ2n) is 7.61. The van der Waals surface area contributed by atoms with Crippen LogP contribution in [0.2, 0.25) is 0 Å². The number of nitrogens with one attached hydrogen (secondary N) is 1. The summed E-state index contributed by atoms with van der Waals surface area (Å²) in [4.78, 5) is 0.274. The SMILES string of the molecule is COc1ccccc1-c1nnc2ccc(OCCNS(=O)(=O)c3cc(C)c(C)cc3C)nn12. The van der Waals surface area contributed by atoms with Crippen LogP contribution in [-0.4, -0.2) is 48.5 Å². The van der Waals surface area contributed by atoms with Gasteiger partial charge in [-0.25, -0.2) is 13.1 Å². The van der Waals surface area contributed by atoms with Gasteiger partial charge in [-0.05, 0) is 61.7 Å². The molecular formula is C23H25N5O4S. The Hall–Kier alpha value is -3.50. The molecule has 2 heterocycles. The molecule has 2 aromatic heterocycles. The minimum atomic E-state index is -3.65. The summed E-state index contributed by atoms with van der Waals surface area (Å²) in [5.74, 6) is 1.48. The molecule has 0 unspecified atom stereocenters. The summed E-state index contributed by atoms with van der Waals surface area (Å²) in [6.45, 7) is 5.83. The van der Waals surface area contributed by atoms with Crippen LogP contribution in [0.25, 0.3) is 17.0 Å². The van der Waals surface area contributed by atoms with E-state index in [1.165, 1.54) is 0 Å². The van der Waals surface area contributed by atoms with E-state index in [0.717, 1.165) is 16.7 Å². The lowest BCUT2D eigenvalue weighted by Crippen LogP contribution is -2.29. The van der Waals surface area contributed by atoms with Crippen LogP contribution >= 0.6 is 0 Å². The number of benzene rings is 2. The van der Waals surface area contributed by atoms with E-state index in [1.54, 1.807) is 36.7 Å². The number of sulfonamides is 1. The van der Waals surface area contributed by atoms with Gasteiger partial charge in [0.05, 0.1) is 17.6 Å². The molecule has 0 amide bonds. The van der Waals surface area contributed by atoms with Crippen molar-refractivity contribution in [3.05, 3.63) is 65.2 Å². The highest BCUT2D eigenvalue weighted by atomic mass is 32.2. The van der Waals surface area contributed by atoms with Crippen molar-refractivity contribution in [2.45, 2.75) is 25.7 Å². The third kappa shape index (κ3) is 4.67. The molecule has 10 heteroatoms. The van der Waals surface area contributed by atoms with Crippen LogP contribution in [-0.2, 0) is 10.0 Å². The highest BCUT2D eigenvalue weighted by molar-refractivity contribution is 7.89. The Labute approximate surface area is 192 Å². The molecule has 9 nitrogen and oxygen atoms in total. The second-order valence-corrected chi connectivity index (χ2v) is 9.35. The van der Waals surface area contributed by atoms with E-state index < -0.39 is 10.0 Å². The lowest BCUT2D eigenvalue weighted by Gasteiger charge is -2.12. The number of methoxy groups -OCH3 is 1. The molecule has 4 aromatic rings. The molecule has 4 rings (SSSR count). The highest BCUT2D eigenvalue weighted by Crippen LogP contribution is 2.28. The van der Waals surface area contributed by atoms with Gasteiger partial charge in [0.2, 0.25) is 15.9 Å². The first kappa shape index (κ1) is 22.7. The Morgan fingerprint density at radius 1 is 0.970 bits per heavy atom. The number of nitrogens with zero attached hydrogens (tertiary/aromatic N) is 4. The van der Waals surface area contributed by atoms with Crippen LogP contribution in [0.5, 0.6) is 11.6 Å². The second kappa shape index (κ2) is 9.16. The maximum Gasteiger partial charge on any atom is 0.240 e. The van der Waals surface area contributed by atoms with E-state index in [4.69, 9.17) is 9.47 Å². The number of fused-ring (bicyclic) bond motifs is 1. The van der Waals surface area contributed by atoms with Crippen LogP contribution in [0.4, 0.5) is 0 Å². The Bertz CT molecular complexity index is 1420. The first-order valence-corrected chi connectivity index (χ1v) is 11.8. The Morgan fingerprint density at radius 3 is 2.52 bits per heavy atom. The quantitative estimate of drug-likeness (QED) is 0.397. The summed E-state index contributed by atoms with van der Waals surface area (Å²) in [7, 11) is -2.06. The van der Waals surface area contributed by atoms with Gasteiger partial charge in [-0.15, -0.1) is 15.3 Å². The molecular weight excluding hydrogens is 442 g/mol. The van der Waals surface area contributed by atoms with Crippen LogP contribution in [0.15, 0.2) is 53.4 Å². The van der Waals surface area contributed by atoms with Crippen LogP contribution in [0.3, 0.4) is 0 Å². The van der Waals surface area contributed by atoms with Crippen LogP contribution in [0, 0.1) is 20.8 Å². The Morgan fingerprint density at radius 2 is 1.73 bits per heavy atom. The molecule has 0 radical (unpaired) electrons. The summed E-state index contributed by atoms with van der Waals surface area (Å²) in [6, 6.07) is 14.4. The maximum atomic E-state index is 12.7. The van der Waals surface area contributed by atoms with Crippen molar-refractivity contribution in [1.29, 1.82) is 0 Å². The van der Waals surface area contributed by atoms with Crippen molar-refractivity contribution in [3.63, 3.8) is 0 Å². The minimum Gasteiger partial charge on any atom is -0.496 e. The zero-order chi connectivity index (χ0) is 23.6. The summed E-state index contributed by atoms with van der Waals surface area (Å²) in [5, 5.41) is 12.8. The summed E-state index contributed by atoms with van der Waals surface area (Å²) in [6.07, 6.45) is 0. The molecule has 0 spiro atoms. The number of aromatic nitrogens is 4. The molecule has 0 aliphatic carbocycles. The zero-order valence-corrected chi connectivity index (χ0v) is 19.7. The summed E-state index contributed by atoms with van der Waals surface area (Å²) >= 11 is 0. The number of hydrogen-bond donors (Lipinski definition) is 1. The average Bonchev–Trinajstić information content (AvgIpc) is 3.22. The maximum absolute atomic E-state index is 12.7. The van der Waals surface area contributed by atoms with Gasteiger partial charge in [0.1, 0.15) is 12.4 Å². The lowest BCUT2D eigenvalue weighted by molar-refractivity contribution is 0.306. The van der Waals surface area contributed by atoms with E-state index in [-0.39, 0.29) is 18.0 Å². The predicted octanol–water partition coefficient (Wildman–Crippen LogP) is 3.08. The topological polar surface area (TPSA) is 108 Å². The Kier molecular flexibility index (Phi) is 6.30. The zero-order valence-electron chi connectivity index (χ0n) is 18.9. The smallest absolute Gasteiger partial charge is 0.240 e. The lowest BCUT2D eigenvalue weighted by atomic mass is 10.1. The fourth-order valence-corrected chi connectivity index (χ4v) is 4.80. The summed E-state index contributed by atoms with van der Waals surface area (Å²) in [5.41, 5.74) is 3.98. The van der Waals surface area contributed by atoms with Gasteiger partial charge in [0.25, 0.3) is 0 Å². The molecule has 0 bridgehead atoms. The minimum absolute atomic E-state index is 0.0932. The molecule has 0 fully saturated rings. The van der Waals surface area contributed by atoms with Gasteiger partial charge in [0, 0.05) is 12.6 Å². The predicted molar refractivity (Wildman–Crippen MR) is 124 cm³/mol. The number of para-hydroxylation sites is 1. The monoisotopic (exact) mass is 467 g/mol. The standard InChI is InChI=1S/C23H25N5O4S/c1-15-13-17(3)20(14-16(15)2)33(29,30)24-11-12-32-22-10-9-21-25-26-23(28(21)27-22)18-7-5-6-8-19(18)31-4/h5-10,13-14,24H,11-12H2,1-4H3. The van der Waals surface area contributed by atoms with Gasteiger partial charge in [-0.2, -0.15) is 4.52 Å². The number of aryl methyl sites for hydroxylation is 3. The molecule has 0 aliphatic heterocycles. The largest absolute Gasteiger partial charge is 0.496 e. The normalized spacial score (nSPS) is 11.6. The van der Waals surface area contributed by atoms with Crippen molar-refractivity contribution < 1.29 is 17.9 Å². The van der Waals surface area contributed by atoms with E-state index in [2.05, 4.69) is 20.0 Å². The van der Waals surface area contributed by atoms with Crippen LogP contribution < -0.4 is 14.2 Å². The van der Waals surface area contributed by atoms with Gasteiger partial charge >= 0.3 is 0 Å². The number of rotatable bonds is 8. The van der Waals surface area contributed by atoms with Crippen molar-refractivity contribution in [2.75, 3.05) is 20.3 Å². The molecule has 0 aliphatic rings. The highest BCUT2D eigenvalue weighted by Gasteiger charge is 2.18. The summed E-state index contributed by atoms with van der Waals surface area (Å²) < 4.78 is 40.7. The number of ether oxygens (including phenoxy) is 2. The average molecular weight is 468 g/mol. The molecule has 2 aromatic carbocycles. The third-order valence-electron chi connectivity index (χ3n) is 5.31. The van der Waals surface area contributed by atoms with E-state index in [0.29, 0.717) is 28.7 Å². The molecule has 0 atom stereocenters. The Balaban J connectivity index is 1.47. The fraction of sp³-hybridized carbons (Fsp3) is 0.261. The fourth-order valence-electron chi connectivity index (χ4n) is 3.48. The van der Waals surface area contributed by atoms with Crippen LogP contribution in [0.1, 0.15) is 16.7 Å². The van der Waals surface area contributed by atoms with E-state index in [1.807, 2.05) is 44.2 Å². The van der Waals surface area contributed by atoms with Gasteiger partial charge in [0.15, 0.2) is 11.5 Å². The van der Waals surface area contributed by atoms with Crippen molar-refractivity contribution in [3.8, 4) is 23.0 Å². The first-order chi connectivity index (χ1) is 15.8. The van der Waals surface area contributed by atoms with Gasteiger partial charge in [-0.1, -0.05) is 18.2 Å². The molecule has 0 saturated heterocycles. The number of hydrogen-bond acceptors (Lipinski definition) is 7. The van der Waals surface area contributed by atoms with E-state index in [9.17, 15) is 8.42 Å². The van der Waals surface area contributed by atoms with Crippen molar-refractivity contribution in [2.24, 2.45) is 0 Å². The molecule has 0 saturated carbocycles. The molecule has 172 valence electrons. The van der Waals surface area contributed by atoms with Crippen molar-refractivity contribution in [1.82, 2.24) is 24.5 Å². The van der Waals surface area contributed by atoms with E-state index >= 15 is 0 Å².